The fourth-order valence-electron chi connectivity index (χ4n) is 5.59. The lowest BCUT2D eigenvalue weighted by atomic mass is 9.99. The summed E-state index contributed by atoms with van der Waals surface area (Å²) in [6.45, 7) is 2.30. The number of aromatic amines is 1. The first kappa shape index (κ1) is 28.3. The summed E-state index contributed by atoms with van der Waals surface area (Å²) in [5.41, 5.74) is 4.11. The van der Waals surface area contributed by atoms with E-state index in [9.17, 15) is 15.0 Å². The second-order valence-corrected chi connectivity index (χ2v) is 10.7. The summed E-state index contributed by atoms with van der Waals surface area (Å²) in [6.07, 6.45) is 4.09. The molecule has 12 heteroatoms. The van der Waals surface area contributed by atoms with Crippen LogP contribution in [0.1, 0.15) is 48.7 Å². The second kappa shape index (κ2) is 12.6. The van der Waals surface area contributed by atoms with Gasteiger partial charge < -0.3 is 35.7 Å². The normalized spacial score (nSPS) is 20.0. The van der Waals surface area contributed by atoms with Gasteiger partial charge in [0.25, 0.3) is 0 Å². The van der Waals surface area contributed by atoms with Crippen LogP contribution in [-0.2, 0) is 11.2 Å². The molecule has 222 valence electrons. The molecule has 0 spiro atoms. The van der Waals surface area contributed by atoms with E-state index in [0.717, 1.165) is 16.8 Å². The summed E-state index contributed by atoms with van der Waals surface area (Å²) in [5.74, 6) is 0.729. The van der Waals surface area contributed by atoms with Gasteiger partial charge in [-0.15, -0.1) is 0 Å². The third kappa shape index (κ3) is 6.06. The van der Waals surface area contributed by atoms with Gasteiger partial charge in [-0.2, -0.15) is 9.97 Å². The van der Waals surface area contributed by atoms with Crippen LogP contribution >= 0.6 is 0 Å². The highest BCUT2D eigenvalue weighted by Gasteiger charge is 2.43. The number of fused-ring (bicyclic) bond motifs is 1. The number of carbonyl (C=O) groups is 1. The molecule has 2 aromatic carbocycles. The number of nitrogens with zero attached hydrogens (tertiary/aromatic N) is 5. The molecule has 4 atom stereocenters. The van der Waals surface area contributed by atoms with Crippen molar-refractivity contribution < 1.29 is 15.0 Å². The first-order chi connectivity index (χ1) is 21.0. The molecule has 6 rings (SSSR count). The number of carbonyl (C=O) groups excluding carboxylic acids is 1. The number of aliphatic hydroxyl groups excluding tert-OH is 2. The van der Waals surface area contributed by atoms with E-state index in [2.05, 4.69) is 55.2 Å². The lowest BCUT2D eigenvalue weighted by molar-refractivity contribution is -0.122. The standard InChI is InChI=1S/C31H35N9O3/c1-2-24(41)36-22-15-23(28(43)27(22)42)40-18-35-26-29(38-31(39-30(26)40)33-14-13-21-16-32-17-34-21)37-25(19-9-5-3-6-10-19)20-11-7-4-8-12-20/h3-12,16-18,22-23,25,27-28,42-43H,2,13-15H2,1H3,(H,32,34)(H,36,41)(H2,33,37,38,39)/t22-,23+,27+,28-/m0/s1. The zero-order chi connectivity index (χ0) is 29.8. The molecule has 0 aliphatic heterocycles. The van der Waals surface area contributed by atoms with E-state index in [1.807, 2.05) is 36.4 Å². The number of amides is 1. The molecule has 1 saturated carbocycles. The largest absolute Gasteiger partial charge is 0.388 e. The van der Waals surface area contributed by atoms with E-state index in [0.29, 0.717) is 42.3 Å². The van der Waals surface area contributed by atoms with Gasteiger partial charge in [0.2, 0.25) is 11.9 Å². The molecule has 5 aromatic rings. The first-order valence-electron chi connectivity index (χ1n) is 14.5. The first-order valence-corrected chi connectivity index (χ1v) is 14.5. The third-order valence-electron chi connectivity index (χ3n) is 7.88. The Morgan fingerprint density at radius 3 is 2.42 bits per heavy atom. The van der Waals surface area contributed by atoms with E-state index in [4.69, 9.17) is 9.97 Å². The smallest absolute Gasteiger partial charge is 0.226 e. The van der Waals surface area contributed by atoms with Crippen molar-refractivity contribution in [2.45, 2.75) is 56.5 Å². The minimum atomic E-state index is -1.12. The van der Waals surface area contributed by atoms with E-state index < -0.39 is 24.3 Å². The summed E-state index contributed by atoms with van der Waals surface area (Å²) in [5, 5.41) is 31.6. The number of benzene rings is 2. The number of hydrogen-bond acceptors (Lipinski definition) is 9. The number of rotatable bonds is 11. The highest BCUT2D eigenvalue weighted by Crippen LogP contribution is 2.35. The topological polar surface area (TPSA) is 166 Å². The number of aromatic nitrogens is 6. The van der Waals surface area contributed by atoms with Crippen LogP contribution in [0.4, 0.5) is 11.8 Å². The van der Waals surface area contributed by atoms with E-state index in [1.54, 1.807) is 30.3 Å². The number of imidazole rings is 2. The van der Waals surface area contributed by atoms with Gasteiger partial charge in [-0.3, -0.25) is 4.79 Å². The van der Waals surface area contributed by atoms with Crippen molar-refractivity contribution in [1.29, 1.82) is 0 Å². The van der Waals surface area contributed by atoms with Crippen molar-refractivity contribution >= 4 is 28.8 Å². The highest BCUT2D eigenvalue weighted by atomic mass is 16.3. The van der Waals surface area contributed by atoms with Crippen molar-refractivity contribution in [3.05, 3.63) is 96.3 Å². The molecule has 3 aromatic heterocycles. The van der Waals surface area contributed by atoms with Crippen molar-refractivity contribution in [3.8, 4) is 0 Å². The lowest BCUT2D eigenvalue weighted by Gasteiger charge is -2.22. The Kier molecular flexibility index (Phi) is 8.29. The van der Waals surface area contributed by atoms with Crippen LogP contribution in [-0.4, -0.2) is 70.4 Å². The third-order valence-corrected chi connectivity index (χ3v) is 7.88. The van der Waals surface area contributed by atoms with Crippen molar-refractivity contribution in [3.63, 3.8) is 0 Å². The molecule has 1 fully saturated rings. The average Bonchev–Trinajstić information content (AvgIpc) is 3.78. The average molecular weight is 582 g/mol. The van der Waals surface area contributed by atoms with Crippen LogP contribution in [0.5, 0.6) is 0 Å². The maximum atomic E-state index is 12.1. The van der Waals surface area contributed by atoms with Gasteiger partial charge in [-0.1, -0.05) is 67.6 Å². The Morgan fingerprint density at radius 2 is 1.77 bits per heavy atom. The highest BCUT2D eigenvalue weighted by molar-refractivity contribution is 5.85. The molecule has 43 heavy (non-hydrogen) atoms. The fourth-order valence-corrected chi connectivity index (χ4v) is 5.59. The zero-order valence-corrected chi connectivity index (χ0v) is 23.8. The Balaban J connectivity index is 1.38. The van der Waals surface area contributed by atoms with Crippen LogP contribution in [0.25, 0.3) is 11.2 Å². The monoisotopic (exact) mass is 581 g/mol. The Bertz CT molecular complexity index is 1600. The van der Waals surface area contributed by atoms with Crippen LogP contribution in [0.3, 0.4) is 0 Å². The maximum absolute atomic E-state index is 12.1. The number of aliphatic hydroxyl groups is 2. The number of hydrogen-bond donors (Lipinski definition) is 6. The summed E-state index contributed by atoms with van der Waals surface area (Å²) in [7, 11) is 0. The zero-order valence-electron chi connectivity index (χ0n) is 23.8. The maximum Gasteiger partial charge on any atom is 0.226 e. The molecule has 0 bridgehead atoms. The SMILES string of the molecule is CCC(=O)N[C@H]1C[C@@H](n2cnc3c(NC(c4ccccc4)c4ccccc4)nc(NCCc4cnc[nH]4)nc32)[C@H](O)[C@@H]1O. The predicted octanol–water partition coefficient (Wildman–Crippen LogP) is 2.97. The minimum Gasteiger partial charge on any atom is -0.388 e. The Morgan fingerprint density at radius 1 is 1.05 bits per heavy atom. The van der Waals surface area contributed by atoms with Crippen LogP contribution < -0.4 is 16.0 Å². The lowest BCUT2D eigenvalue weighted by Crippen LogP contribution is -2.42. The number of anilines is 2. The van der Waals surface area contributed by atoms with Gasteiger partial charge in [0.15, 0.2) is 17.0 Å². The van der Waals surface area contributed by atoms with Gasteiger partial charge in [0.05, 0.1) is 30.8 Å². The summed E-state index contributed by atoms with van der Waals surface area (Å²) < 4.78 is 1.77. The molecular formula is C31H35N9O3. The summed E-state index contributed by atoms with van der Waals surface area (Å²) in [6, 6.07) is 18.8. The number of nitrogens with one attached hydrogen (secondary N) is 4. The quantitative estimate of drug-likeness (QED) is 0.137. The molecule has 0 saturated heterocycles. The molecular weight excluding hydrogens is 546 g/mol. The Hall–Kier alpha value is -4.81. The number of H-pyrrole nitrogens is 1. The fraction of sp³-hybridized carbons (Fsp3) is 0.323. The minimum absolute atomic E-state index is 0.183. The van der Waals surface area contributed by atoms with Gasteiger partial charge in [-0.05, 0) is 17.5 Å². The predicted molar refractivity (Wildman–Crippen MR) is 162 cm³/mol. The molecule has 1 aliphatic carbocycles. The molecule has 1 aliphatic rings. The summed E-state index contributed by atoms with van der Waals surface area (Å²) in [4.78, 5) is 33.6. The van der Waals surface area contributed by atoms with Gasteiger partial charge in [0, 0.05) is 31.3 Å². The van der Waals surface area contributed by atoms with Gasteiger partial charge in [-0.25, -0.2) is 9.97 Å². The molecule has 0 unspecified atom stereocenters. The van der Waals surface area contributed by atoms with E-state index in [-0.39, 0.29) is 18.4 Å². The second-order valence-electron chi connectivity index (χ2n) is 10.7. The molecule has 6 N–H and O–H groups in total. The summed E-state index contributed by atoms with van der Waals surface area (Å²) >= 11 is 0. The van der Waals surface area contributed by atoms with Crippen molar-refractivity contribution in [2.24, 2.45) is 0 Å². The van der Waals surface area contributed by atoms with Crippen LogP contribution in [0.2, 0.25) is 0 Å². The molecule has 12 nitrogen and oxygen atoms in total. The molecule has 1 amide bonds. The van der Waals surface area contributed by atoms with Crippen LogP contribution in [0, 0.1) is 0 Å². The van der Waals surface area contributed by atoms with Crippen molar-refractivity contribution in [2.75, 3.05) is 17.2 Å². The van der Waals surface area contributed by atoms with E-state index >= 15 is 0 Å². The van der Waals surface area contributed by atoms with E-state index in [1.165, 1.54) is 0 Å². The Labute approximate surface area is 248 Å². The van der Waals surface area contributed by atoms with Gasteiger partial charge >= 0.3 is 0 Å². The van der Waals surface area contributed by atoms with Crippen molar-refractivity contribution in [1.82, 2.24) is 34.8 Å². The van der Waals surface area contributed by atoms with Gasteiger partial charge in [0.1, 0.15) is 12.2 Å². The van der Waals surface area contributed by atoms with Crippen LogP contribution in [0.15, 0.2) is 79.5 Å². The molecule has 0 radical (unpaired) electrons. The molecule has 3 heterocycles.